The monoisotopic (exact) mass is 475 g/mol. The Morgan fingerprint density at radius 2 is 1.59 bits per heavy atom. The molecule has 0 aromatic heterocycles. The number of benzene rings is 3. The van der Waals surface area contributed by atoms with E-state index in [1.165, 1.54) is 47.1 Å². The number of hydrogen-bond donors (Lipinski definition) is 0. The zero-order chi connectivity index (χ0) is 24.1. The summed E-state index contributed by atoms with van der Waals surface area (Å²) in [5, 5.41) is 30.1. The molecule has 4 rings (SSSR count). The number of non-ortho nitro benzene ring substituents is 2. The van der Waals surface area contributed by atoms with Gasteiger partial charge in [-0.15, -0.1) is 5.10 Å². The molecule has 1 aliphatic heterocycles. The highest BCUT2D eigenvalue weighted by Gasteiger charge is 2.39. The summed E-state index contributed by atoms with van der Waals surface area (Å²) in [7, 11) is 0. The first-order valence-electron chi connectivity index (χ1n) is 10.1. The third-order valence-corrected chi connectivity index (χ3v) is 6.05. The van der Waals surface area contributed by atoms with Gasteiger partial charge >= 0.3 is 0 Å². The Hall–Kier alpha value is -4.38. The number of carbonyl (C=O) groups is 1. The van der Waals surface area contributed by atoms with E-state index in [0.29, 0.717) is 22.0 Å². The van der Waals surface area contributed by atoms with E-state index >= 15 is 0 Å². The molecule has 34 heavy (non-hydrogen) atoms. The van der Waals surface area contributed by atoms with Crippen LogP contribution in [-0.2, 0) is 11.2 Å². The van der Waals surface area contributed by atoms with E-state index in [-0.39, 0.29) is 23.7 Å². The van der Waals surface area contributed by atoms with Crippen LogP contribution in [0.2, 0.25) is 0 Å². The number of nitro groups is 2. The van der Waals surface area contributed by atoms with E-state index in [1.807, 2.05) is 6.07 Å². The van der Waals surface area contributed by atoms with Crippen molar-refractivity contribution in [1.82, 2.24) is 0 Å². The van der Waals surface area contributed by atoms with Gasteiger partial charge in [-0.05, 0) is 24.1 Å². The molecule has 1 fully saturated rings. The molecule has 0 spiro atoms. The van der Waals surface area contributed by atoms with Crippen molar-refractivity contribution in [2.75, 3.05) is 4.90 Å². The molecule has 1 heterocycles. The summed E-state index contributed by atoms with van der Waals surface area (Å²) in [6.07, 6.45) is 1.66. The van der Waals surface area contributed by atoms with Crippen molar-refractivity contribution < 1.29 is 14.6 Å². The summed E-state index contributed by atoms with van der Waals surface area (Å²) >= 11 is 1.21. The van der Waals surface area contributed by atoms with Crippen molar-refractivity contribution in [2.24, 2.45) is 10.2 Å². The molecule has 0 aliphatic carbocycles. The number of amidine groups is 1. The molecule has 11 heteroatoms. The first-order valence-corrected chi connectivity index (χ1v) is 10.9. The van der Waals surface area contributed by atoms with Crippen molar-refractivity contribution in [3.05, 3.63) is 110 Å². The average Bonchev–Trinajstić information content (AvgIpc) is 3.14. The number of thioether (sulfide) groups is 1. The van der Waals surface area contributed by atoms with Gasteiger partial charge in [0.1, 0.15) is 0 Å². The second kappa shape index (κ2) is 10.0. The van der Waals surface area contributed by atoms with Gasteiger partial charge in [0.25, 0.3) is 11.4 Å². The lowest BCUT2D eigenvalue weighted by Gasteiger charge is -2.15. The molecule has 0 radical (unpaired) electrons. The predicted molar refractivity (Wildman–Crippen MR) is 130 cm³/mol. The summed E-state index contributed by atoms with van der Waals surface area (Å²) in [6, 6.07) is 21.1. The van der Waals surface area contributed by atoms with Crippen LogP contribution in [0, 0.1) is 20.2 Å². The van der Waals surface area contributed by atoms with E-state index < -0.39 is 15.1 Å². The van der Waals surface area contributed by atoms with Crippen LogP contribution < -0.4 is 4.90 Å². The molecular formula is C23H17N5O5S. The number of para-hydroxylation sites is 1. The molecule has 170 valence electrons. The highest BCUT2D eigenvalue weighted by Crippen LogP contribution is 2.34. The Kier molecular flexibility index (Phi) is 6.74. The van der Waals surface area contributed by atoms with Crippen LogP contribution in [0.4, 0.5) is 17.1 Å². The van der Waals surface area contributed by atoms with Crippen LogP contribution in [0.3, 0.4) is 0 Å². The molecule has 0 N–H and O–H groups in total. The van der Waals surface area contributed by atoms with Crippen LogP contribution in [-0.4, -0.2) is 32.4 Å². The Morgan fingerprint density at radius 1 is 0.912 bits per heavy atom. The van der Waals surface area contributed by atoms with Crippen molar-refractivity contribution in [3.8, 4) is 0 Å². The minimum atomic E-state index is -0.547. The van der Waals surface area contributed by atoms with Gasteiger partial charge in [0, 0.05) is 29.8 Å². The second-order valence-electron chi connectivity index (χ2n) is 7.23. The fourth-order valence-corrected chi connectivity index (χ4v) is 4.49. The number of amides is 1. The number of nitro benzene ring substituents is 2. The maximum absolute atomic E-state index is 13.3. The molecule has 3 aromatic rings. The van der Waals surface area contributed by atoms with Gasteiger partial charge in [0.2, 0.25) is 5.91 Å². The number of anilines is 1. The van der Waals surface area contributed by atoms with Crippen LogP contribution in [0.5, 0.6) is 0 Å². The van der Waals surface area contributed by atoms with Crippen LogP contribution in [0.25, 0.3) is 0 Å². The lowest BCUT2D eigenvalue weighted by molar-refractivity contribution is -0.385. The standard InChI is InChI=1S/C23H17N5O5S/c29-22-21(14-16-6-4-10-19(12-16)27(30)31)34-23(26(22)18-8-2-1-3-9-18)25-24-15-17-7-5-11-20(13-17)28(32)33/h1-13,15,21H,14H2/b24-15-,25-23+/t21-/m1/s1. The molecule has 0 bridgehead atoms. The third kappa shape index (κ3) is 5.15. The van der Waals surface area contributed by atoms with E-state index in [9.17, 15) is 25.0 Å². The minimum Gasteiger partial charge on any atom is -0.273 e. The van der Waals surface area contributed by atoms with E-state index in [0.717, 1.165) is 0 Å². The Balaban J connectivity index is 1.61. The lowest BCUT2D eigenvalue weighted by Crippen LogP contribution is -2.32. The van der Waals surface area contributed by atoms with E-state index in [2.05, 4.69) is 10.2 Å². The smallest absolute Gasteiger partial charge is 0.270 e. The Bertz CT molecular complexity index is 1310. The molecule has 10 nitrogen and oxygen atoms in total. The van der Waals surface area contributed by atoms with Gasteiger partial charge in [-0.3, -0.25) is 29.9 Å². The van der Waals surface area contributed by atoms with Crippen molar-refractivity contribution in [2.45, 2.75) is 11.7 Å². The molecular weight excluding hydrogens is 458 g/mol. The lowest BCUT2D eigenvalue weighted by atomic mass is 10.1. The first kappa shape index (κ1) is 22.8. The van der Waals surface area contributed by atoms with Crippen molar-refractivity contribution in [1.29, 1.82) is 0 Å². The highest BCUT2D eigenvalue weighted by molar-refractivity contribution is 8.16. The zero-order valence-electron chi connectivity index (χ0n) is 17.6. The van der Waals surface area contributed by atoms with Gasteiger partial charge in [0.15, 0.2) is 5.17 Å². The first-order chi connectivity index (χ1) is 16.4. The molecule has 1 amide bonds. The quantitative estimate of drug-likeness (QED) is 0.279. The third-order valence-electron chi connectivity index (χ3n) is 4.92. The zero-order valence-corrected chi connectivity index (χ0v) is 18.4. The van der Waals surface area contributed by atoms with Crippen LogP contribution in [0.15, 0.2) is 89.1 Å². The summed E-state index contributed by atoms with van der Waals surface area (Å²) < 4.78 is 0. The van der Waals surface area contributed by atoms with Gasteiger partial charge in [-0.2, -0.15) is 5.10 Å². The van der Waals surface area contributed by atoms with E-state index in [1.54, 1.807) is 48.5 Å². The van der Waals surface area contributed by atoms with Crippen LogP contribution >= 0.6 is 11.8 Å². The molecule has 0 saturated carbocycles. The second-order valence-corrected chi connectivity index (χ2v) is 8.40. The minimum absolute atomic E-state index is 0.0386. The Morgan fingerprint density at radius 3 is 2.29 bits per heavy atom. The summed E-state index contributed by atoms with van der Waals surface area (Å²) in [5.74, 6) is -0.216. The van der Waals surface area contributed by atoms with E-state index in [4.69, 9.17) is 0 Å². The normalized spacial score (nSPS) is 16.9. The van der Waals surface area contributed by atoms with Gasteiger partial charge in [-0.1, -0.05) is 54.2 Å². The summed E-state index contributed by atoms with van der Waals surface area (Å²) in [4.78, 5) is 35.8. The molecule has 3 aromatic carbocycles. The highest BCUT2D eigenvalue weighted by atomic mass is 32.2. The maximum atomic E-state index is 13.3. The molecule has 1 atom stereocenters. The van der Waals surface area contributed by atoms with Gasteiger partial charge < -0.3 is 0 Å². The summed E-state index contributed by atoms with van der Waals surface area (Å²) in [5.41, 5.74) is 1.67. The predicted octanol–water partition coefficient (Wildman–Crippen LogP) is 4.58. The maximum Gasteiger partial charge on any atom is 0.270 e. The summed E-state index contributed by atoms with van der Waals surface area (Å²) in [6.45, 7) is 0. The number of hydrogen-bond acceptors (Lipinski definition) is 8. The molecule has 1 aliphatic rings. The SMILES string of the molecule is O=C1[C@@H](Cc2cccc([N+](=O)[O-])c2)S/C(=N/N=C\c2cccc([N+](=O)[O-])c2)N1c1ccccc1. The van der Waals surface area contributed by atoms with Crippen molar-refractivity contribution >= 4 is 46.1 Å². The fourth-order valence-electron chi connectivity index (χ4n) is 3.36. The average molecular weight is 475 g/mol. The number of nitrogens with zero attached hydrogens (tertiary/aromatic N) is 5. The topological polar surface area (TPSA) is 131 Å². The van der Waals surface area contributed by atoms with Crippen LogP contribution in [0.1, 0.15) is 11.1 Å². The fraction of sp³-hybridized carbons (Fsp3) is 0.0870. The molecule has 0 unspecified atom stereocenters. The Labute approximate surface area is 197 Å². The number of carbonyl (C=O) groups excluding carboxylic acids is 1. The van der Waals surface area contributed by atoms with Gasteiger partial charge in [-0.25, -0.2) is 0 Å². The largest absolute Gasteiger partial charge is 0.273 e. The number of rotatable bonds is 7. The molecule has 1 saturated heterocycles. The van der Waals surface area contributed by atoms with Crippen molar-refractivity contribution in [3.63, 3.8) is 0 Å². The van der Waals surface area contributed by atoms with Gasteiger partial charge in [0.05, 0.1) is 27.0 Å².